The number of hydrogen-bond donors (Lipinski definition) is 2. The molecule has 0 bridgehead atoms. The Bertz CT molecular complexity index is 891. The summed E-state index contributed by atoms with van der Waals surface area (Å²) < 4.78 is 9.62. The van der Waals surface area contributed by atoms with Gasteiger partial charge in [-0.3, -0.25) is 9.59 Å². The summed E-state index contributed by atoms with van der Waals surface area (Å²) in [6.07, 6.45) is 3.07. The van der Waals surface area contributed by atoms with Gasteiger partial charge in [0.15, 0.2) is 0 Å². The summed E-state index contributed by atoms with van der Waals surface area (Å²) in [5, 5.41) is 5.56. The van der Waals surface area contributed by atoms with Crippen molar-refractivity contribution in [2.24, 2.45) is 0 Å². The minimum atomic E-state index is -0.787. The maximum Gasteiger partial charge on any atom is 0.513 e. The van der Waals surface area contributed by atoms with Crippen molar-refractivity contribution in [1.82, 2.24) is 10.6 Å². The van der Waals surface area contributed by atoms with Crippen LogP contribution in [0.15, 0.2) is 54.6 Å². The van der Waals surface area contributed by atoms with Gasteiger partial charge in [0.05, 0.1) is 6.61 Å². The van der Waals surface area contributed by atoms with E-state index in [0.717, 1.165) is 11.1 Å². The van der Waals surface area contributed by atoms with Crippen molar-refractivity contribution in [2.75, 3.05) is 19.7 Å². The van der Waals surface area contributed by atoms with Gasteiger partial charge in [-0.25, -0.2) is 4.79 Å². The Morgan fingerprint density at radius 1 is 1.00 bits per heavy atom. The predicted molar refractivity (Wildman–Crippen MR) is 114 cm³/mol. The lowest BCUT2D eigenvalue weighted by molar-refractivity contribution is -0.116. The number of carbonyl (C=O) groups is 3. The minimum Gasteiger partial charge on any atom is -0.434 e. The van der Waals surface area contributed by atoms with Crippen molar-refractivity contribution in [1.29, 1.82) is 0 Å². The van der Waals surface area contributed by atoms with Crippen molar-refractivity contribution < 1.29 is 23.9 Å². The third kappa shape index (κ3) is 8.18. The summed E-state index contributed by atoms with van der Waals surface area (Å²) in [7, 11) is 0. The Kier molecular flexibility index (Phi) is 9.12. The zero-order valence-electron chi connectivity index (χ0n) is 17.1. The third-order valence-corrected chi connectivity index (χ3v) is 3.99. The molecule has 2 rings (SSSR count). The summed E-state index contributed by atoms with van der Waals surface area (Å²) in [4.78, 5) is 35.2. The first-order chi connectivity index (χ1) is 14.5. The van der Waals surface area contributed by atoms with Gasteiger partial charge < -0.3 is 20.1 Å². The molecule has 0 fully saturated rings. The van der Waals surface area contributed by atoms with Crippen molar-refractivity contribution in [3.63, 3.8) is 0 Å². The first kappa shape index (κ1) is 22.7. The van der Waals surface area contributed by atoms with Crippen LogP contribution in [0.25, 0.3) is 6.08 Å². The highest BCUT2D eigenvalue weighted by Gasteiger charge is 2.08. The Morgan fingerprint density at radius 3 is 2.43 bits per heavy atom. The number of aryl methyl sites for hydroxylation is 1. The second-order valence-electron chi connectivity index (χ2n) is 6.46. The van der Waals surface area contributed by atoms with E-state index in [1.807, 2.05) is 31.2 Å². The van der Waals surface area contributed by atoms with Gasteiger partial charge >= 0.3 is 6.16 Å². The van der Waals surface area contributed by atoms with Crippen LogP contribution in [0.2, 0.25) is 0 Å². The van der Waals surface area contributed by atoms with E-state index in [0.29, 0.717) is 30.8 Å². The highest BCUT2D eigenvalue weighted by molar-refractivity contribution is 5.94. The fraction of sp³-hybridized carbons (Fsp3) is 0.261. The van der Waals surface area contributed by atoms with Crippen LogP contribution < -0.4 is 15.4 Å². The van der Waals surface area contributed by atoms with Crippen LogP contribution in [0.5, 0.6) is 5.75 Å². The summed E-state index contributed by atoms with van der Waals surface area (Å²) in [6, 6.07) is 14.0. The molecule has 0 aromatic heterocycles. The van der Waals surface area contributed by atoms with Gasteiger partial charge in [0.25, 0.3) is 5.91 Å². The van der Waals surface area contributed by atoms with Gasteiger partial charge in [-0.05, 0) is 56.2 Å². The van der Waals surface area contributed by atoms with Crippen molar-refractivity contribution >= 4 is 24.0 Å². The molecule has 0 aliphatic rings. The Balaban J connectivity index is 1.65. The van der Waals surface area contributed by atoms with Crippen LogP contribution in [0, 0.1) is 6.92 Å². The van der Waals surface area contributed by atoms with Crippen LogP contribution in [-0.2, 0) is 9.53 Å². The van der Waals surface area contributed by atoms with Crippen LogP contribution in [-0.4, -0.2) is 37.7 Å². The lowest BCUT2D eigenvalue weighted by Gasteiger charge is -2.07. The molecule has 0 atom stereocenters. The topological polar surface area (TPSA) is 93.7 Å². The molecule has 2 aromatic carbocycles. The fourth-order valence-corrected chi connectivity index (χ4v) is 2.53. The zero-order valence-corrected chi connectivity index (χ0v) is 17.1. The average molecular weight is 410 g/mol. The van der Waals surface area contributed by atoms with E-state index in [-0.39, 0.29) is 18.4 Å². The number of carbonyl (C=O) groups excluding carboxylic acids is 3. The maximum absolute atomic E-state index is 12.1. The van der Waals surface area contributed by atoms with Gasteiger partial charge in [-0.1, -0.05) is 29.8 Å². The summed E-state index contributed by atoms with van der Waals surface area (Å²) >= 11 is 0. The highest BCUT2D eigenvalue weighted by atomic mass is 16.7. The van der Waals surface area contributed by atoms with Crippen LogP contribution in [0.3, 0.4) is 0 Å². The number of hydrogen-bond acceptors (Lipinski definition) is 5. The molecule has 0 spiro atoms. The molecule has 0 aliphatic heterocycles. The van der Waals surface area contributed by atoms with Gasteiger partial charge in [-0.15, -0.1) is 0 Å². The quantitative estimate of drug-likeness (QED) is 0.286. The average Bonchev–Trinajstić information content (AvgIpc) is 2.72. The molecule has 0 unspecified atom stereocenters. The largest absolute Gasteiger partial charge is 0.513 e. The lowest BCUT2D eigenvalue weighted by Crippen LogP contribution is -2.29. The molecule has 7 nitrogen and oxygen atoms in total. The molecule has 0 radical (unpaired) electrons. The van der Waals surface area contributed by atoms with Crippen molar-refractivity contribution in [3.8, 4) is 5.75 Å². The summed E-state index contributed by atoms with van der Waals surface area (Å²) in [6.45, 7) is 4.77. The van der Waals surface area contributed by atoms with E-state index in [9.17, 15) is 14.4 Å². The smallest absolute Gasteiger partial charge is 0.434 e. The van der Waals surface area contributed by atoms with Crippen LogP contribution in [0.1, 0.15) is 34.8 Å². The normalized spacial score (nSPS) is 10.5. The first-order valence-electron chi connectivity index (χ1n) is 9.73. The second kappa shape index (κ2) is 12.1. The van der Waals surface area contributed by atoms with E-state index < -0.39 is 6.16 Å². The number of rotatable bonds is 9. The molecule has 158 valence electrons. The van der Waals surface area contributed by atoms with E-state index in [4.69, 9.17) is 4.74 Å². The van der Waals surface area contributed by atoms with E-state index >= 15 is 0 Å². The molecular formula is C23H26N2O5. The second-order valence-corrected chi connectivity index (χ2v) is 6.46. The molecule has 0 saturated carbocycles. The van der Waals surface area contributed by atoms with Gasteiger partial charge in [0, 0.05) is 24.7 Å². The molecule has 30 heavy (non-hydrogen) atoms. The van der Waals surface area contributed by atoms with E-state index in [2.05, 4.69) is 15.4 Å². The highest BCUT2D eigenvalue weighted by Crippen LogP contribution is 2.13. The monoisotopic (exact) mass is 410 g/mol. The molecule has 0 heterocycles. The van der Waals surface area contributed by atoms with Crippen molar-refractivity contribution in [3.05, 3.63) is 71.3 Å². The van der Waals surface area contributed by atoms with E-state index in [1.54, 1.807) is 25.1 Å². The maximum atomic E-state index is 12.1. The molecule has 0 saturated heterocycles. The number of benzene rings is 2. The summed E-state index contributed by atoms with van der Waals surface area (Å²) in [5.41, 5.74) is 2.54. The molecule has 7 heteroatoms. The predicted octanol–water partition coefficient (Wildman–Crippen LogP) is 3.48. The van der Waals surface area contributed by atoms with E-state index in [1.165, 1.54) is 18.2 Å². The standard InChI is InChI=1S/C23H26N2O5/c1-3-29-23(28)30-20-11-9-19(10-12-20)22(27)25-15-5-14-24-21(26)13-8-18-7-4-6-17(2)16-18/h4,6-13,16H,3,5,14-15H2,1-2H3,(H,24,26)(H,25,27)/b13-8+. The minimum absolute atomic E-state index is 0.181. The van der Waals surface area contributed by atoms with Gasteiger partial charge in [0.2, 0.25) is 5.91 Å². The molecule has 2 aromatic rings. The Hall–Kier alpha value is -3.61. The first-order valence-corrected chi connectivity index (χ1v) is 9.73. The van der Waals surface area contributed by atoms with Gasteiger partial charge in [-0.2, -0.15) is 0 Å². The number of amides is 2. The van der Waals surface area contributed by atoms with Gasteiger partial charge in [0.1, 0.15) is 5.75 Å². The number of nitrogens with one attached hydrogen (secondary N) is 2. The molecule has 2 amide bonds. The molecule has 0 aliphatic carbocycles. The van der Waals surface area contributed by atoms with Crippen LogP contribution in [0.4, 0.5) is 4.79 Å². The molecular weight excluding hydrogens is 384 g/mol. The Labute approximate surface area is 176 Å². The zero-order chi connectivity index (χ0) is 21.8. The Morgan fingerprint density at radius 2 is 1.73 bits per heavy atom. The van der Waals surface area contributed by atoms with Crippen molar-refractivity contribution in [2.45, 2.75) is 20.3 Å². The number of ether oxygens (including phenoxy) is 2. The molecule has 2 N–H and O–H groups in total. The van der Waals surface area contributed by atoms with Crippen LogP contribution >= 0.6 is 0 Å². The third-order valence-electron chi connectivity index (χ3n) is 3.99. The SMILES string of the molecule is CCOC(=O)Oc1ccc(C(=O)NCCCNC(=O)/C=C/c2cccc(C)c2)cc1. The summed E-state index contributed by atoms with van der Waals surface area (Å²) in [5.74, 6) is -0.130. The fourth-order valence-electron chi connectivity index (χ4n) is 2.53. The lowest BCUT2D eigenvalue weighted by atomic mass is 10.1.